The van der Waals surface area contributed by atoms with Gasteiger partial charge in [0, 0.05) is 19.2 Å². The predicted octanol–water partition coefficient (Wildman–Crippen LogP) is 2.16. The van der Waals surface area contributed by atoms with Crippen LogP contribution in [0.25, 0.3) is 0 Å². The minimum absolute atomic E-state index is 0.0759. The maximum atomic E-state index is 12.9. The number of nitrogens with one attached hydrogen (secondary N) is 1. The molecule has 0 aromatic heterocycles. The standard InChI is InChI=1S/C19H28N2O5S/c1-14(2)12-16(19(22)21-8-4-3-5-9-21)20-27(23,24)15-6-7-17-18(13-15)26-11-10-25-17/h6-7,13-14,16,20H,3-5,8-12H2,1-2H3/t16-/m1/s1. The van der Waals surface area contributed by atoms with Crippen LogP contribution in [0.3, 0.4) is 0 Å². The highest BCUT2D eigenvalue weighted by Gasteiger charge is 2.31. The molecule has 1 aromatic carbocycles. The van der Waals surface area contributed by atoms with Crippen molar-refractivity contribution in [1.29, 1.82) is 0 Å². The Kier molecular flexibility index (Phi) is 6.26. The van der Waals surface area contributed by atoms with Crippen LogP contribution >= 0.6 is 0 Å². The predicted molar refractivity (Wildman–Crippen MR) is 101 cm³/mol. The van der Waals surface area contributed by atoms with Crippen molar-refractivity contribution in [2.75, 3.05) is 26.3 Å². The van der Waals surface area contributed by atoms with E-state index in [1.165, 1.54) is 12.1 Å². The average molecular weight is 397 g/mol. The van der Waals surface area contributed by atoms with Crippen LogP contribution in [0.4, 0.5) is 0 Å². The van der Waals surface area contributed by atoms with Crippen LogP contribution in [0.5, 0.6) is 11.5 Å². The molecule has 1 amide bonds. The summed E-state index contributed by atoms with van der Waals surface area (Å²) in [6, 6.07) is 3.76. The van der Waals surface area contributed by atoms with Crippen molar-refractivity contribution in [3.8, 4) is 11.5 Å². The van der Waals surface area contributed by atoms with Crippen molar-refractivity contribution in [2.24, 2.45) is 5.92 Å². The van der Waals surface area contributed by atoms with Gasteiger partial charge < -0.3 is 14.4 Å². The quantitative estimate of drug-likeness (QED) is 0.797. The van der Waals surface area contributed by atoms with E-state index in [1.807, 2.05) is 13.8 Å². The fourth-order valence-electron chi connectivity index (χ4n) is 3.45. The summed E-state index contributed by atoms with van der Waals surface area (Å²) in [5, 5.41) is 0. The Morgan fingerprint density at radius 1 is 1.11 bits per heavy atom. The van der Waals surface area contributed by atoms with Crippen molar-refractivity contribution < 1.29 is 22.7 Å². The van der Waals surface area contributed by atoms with Crippen molar-refractivity contribution in [3.63, 3.8) is 0 Å². The van der Waals surface area contributed by atoms with Crippen LogP contribution in [0, 0.1) is 5.92 Å². The lowest BCUT2D eigenvalue weighted by Crippen LogP contribution is -2.50. The molecule has 3 rings (SSSR count). The van der Waals surface area contributed by atoms with E-state index in [4.69, 9.17) is 9.47 Å². The summed E-state index contributed by atoms with van der Waals surface area (Å²) in [6.45, 7) is 6.17. The molecule has 1 aromatic rings. The Hall–Kier alpha value is -1.80. The molecule has 1 atom stereocenters. The number of rotatable bonds is 6. The van der Waals surface area contributed by atoms with Gasteiger partial charge in [0.25, 0.3) is 0 Å². The summed E-state index contributed by atoms with van der Waals surface area (Å²) < 4.78 is 39.4. The third kappa shape index (κ3) is 4.93. The van der Waals surface area contributed by atoms with Crippen LogP contribution in [0.15, 0.2) is 23.1 Å². The van der Waals surface area contributed by atoms with E-state index in [0.717, 1.165) is 19.3 Å². The number of likely N-dealkylation sites (tertiary alicyclic amines) is 1. The fourth-order valence-corrected chi connectivity index (χ4v) is 4.67. The van der Waals surface area contributed by atoms with E-state index in [0.29, 0.717) is 44.2 Å². The van der Waals surface area contributed by atoms with Gasteiger partial charge in [0.1, 0.15) is 19.3 Å². The van der Waals surface area contributed by atoms with E-state index >= 15 is 0 Å². The van der Waals surface area contributed by atoms with Crippen LogP contribution in [0.1, 0.15) is 39.5 Å². The van der Waals surface area contributed by atoms with Gasteiger partial charge in [-0.05, 0) is 43.7 Å². The topological polar surface area (TPSA) is 84.9 Å². The lowest BCUT2D eigenvalue weighted by molar-refractivity contribution is -0.134. The van der Waals surface area contributed by atoms with Gasteiger partial charge in [-0.1, -0.05) is 13.8 Å². The van der Waals surface area contributed by atoms with E-state index in [-0.39, 0.29) is 16.7 Å². The zero-order valence-corrected chi connectivity index (χ0v) is 16.8. The minimum atomic E-state index is -3.86. The molecular formula is C19H28N2O5S. The summed E-state index contributed by atoms with van der Waals surface area (Å²) in [4.78, 5) is 14.8. The molecule has 2 aliphatic heterocycles. The molecule has 2 aliphatic rings. The van der Waals surface area contributed by atoms with Gasteiger partial charge in [-0.3, -0.25) is 4.79 Å². The number of ether oxygens (including phenoxy) is 2. The summed E-state index contributed by atoms with van der Waals surface area (Å²) in [5.41, 5.74) is 0. The molecule has 0 saturated carbocycles. The first-order valence-electron chi connectivity index (χ1n) is 9.57. The number of sulfonamides is 1. The highest BCUT2D eigenvalue weighted by atomic mass is 32.2. The van der Waals surface area contributed by atoms with Gasteiger partial charge in [-0.25, -0.2) is 8.42 Å². The van der Waals surface area contributed by atoms with Gasteiger partial charge in [0.2, 0.25) is 15.9 Å². The van der Waals surface area contributed by atoms with E-state index in [1.54, 1.807) is 11.0 Å². The number of hydrogen-bond donors (Lipinski definition) is 1. The van der Waals surface area contributed by atoms with E-state index in [2.05, 4.69) is 4.72 Å². The van der Waals surface area contributed by atoms with Crippen molar-refractivity contribution >= 4 is 15.9 Å². The minimum Gasteiger partial charge on any atom is -0.486 e. The van der Waals surface area contributed by atoms with E-state index < -0.39 is 16.1 Å². The summed E-state index contributed by atoms with van der Waals surface area (Å²) >= 11 is 0. The monoisotopic (exact) mass is 396 g/mol. The van der Waals surface area contributed by atoms with Gasteiger partial charge in [0.15, 0.2) is 11.5 Å². The normalized spacial score (nSPS) is 18.4. The summed E-state index contributed by atoms with van der Waals surface area (Å²) in [7, 11) is -3.86. The Labute approximate surface area is 161 Å². The fraction of sp³-hybridized carbons (Fsp3) is 0.632. The highest BCUT2D eigenvalue weighted by Crippen LogP contribution is 2.32. The Balaban J connectivity index is 1.80. The first-order valence-corrected chi connectivity index (χ1v) is 11.1. The van der Waals surface area contributed by atoms with E-state index in [9.17, 15) is 13.2 Å². The first kappa shape index (κ1) is 19.9. The molecule has 1 N–H and O–H groups in total. The maximum absolute atomic E-state index is 12.9. The second kappa shape index (κ2) is 8.48. The van der Waals surface area contributed by atoms with Gasteiger partial charge in [-0.15, -0.1) is 0 Å². The third-order valence-electron chi connectivity index (χ3n) is 4.79. The molecule has 8 heteroatoms. The van der Waals surface area contributed by atoms with Crippen molar-refractivity contribution in [2.45, 2.75) is 50.5 Å². The largest absolute Gasteiger partial charge is 0.486 e. The lowest BCUT2D eigenvalue weighted by Gasteiger charge is -2.31. The number of fused-ring (bicyclic) bond motifs is 1. The summed E-state index contributed by atoms with van der Waals surface area (Å²) in [5.74, 6) is 0.992. The molecule has 0 radical (unpaired) electrons. The number of nitrogens with zero attached hydrogens (tertiary/aromatic N) is 1. The number of hydrogen-bond acceptors (Lipinski definition) is 5. The van der Waals surface area contributed by atoms with Crippen LogP contribution in [0.2, 0.25) is 0 Å². The molecule has 0 unspecified atom stereocenters. The van der Waals surface area contributed by atoms with Crippen LogP contribution in [-0.4, -0.2) is 51.6 Å². The van der Waals surface area contributed by atoms with Crippen molar-refractivity contribution in [1.82, 2.24) is 9.62 Å². The number of piperidine rings is 1. The molecule has 0 bridgehead atoms. The molecule has 2 heterocycles. The number of carbonyl (C=O) groups is 1. The molecule has 0 spiro atoms. The third-order valence-corrected chi connectivity index (χ3v) is 6.26. The zero-order chi connectivity index (χ0) is 19.4. The number of benzene rings is 1. The number of carbonyl (C=O) groups excluding carboxylic acids is 1. The van der Waals surface area contributed by atoms with Gasteiger partial charge in [-0.2, -0.15) is 4.72 Å². The van der Waals surface area contributed by atoms with Crippen LogP contribution in [-0.2, 0) is 14.8 Å². The van der Waals surface area contributed by atoms with Gasteiger partial charge >= 0.3 is 0 Å². The summed E-state index contributed by atoms with van der Waals surface area (Å²) in [6.07, 6.45) is 3.50. The second-order valence-electron chi connectivity index (χ2n) is 7.49. The lowest BCUT2D eigenvalue weighted by atomic mass is 10.0. The van der Waals surface area contributed by atoms with Crippen molar-refractivity contribution in [3.05, 3.63) is 18.2 Å². The molecule has 0 aliphatic carbocycles. The highest BCUT2D eigenvalue weighted by molar-refractivity contribution is 7.89. The average Bonchev–Trinajstić information content (AvgIpc) is 2.66. The molecular weight excluding hydrogens is 368 g/mol. The zero-order valence-electron chi connectivity index (χ0n) is 15.9. The maximum Gasteiger partial charge on any atom is 0.241 e. The molecule has 1 fully saturated rings. The SMILES string of the molecule is CC(C)C[C@@H](NS(=O)(=O)c1ccc2c(c1)OCCO2)C(=O)N1CCCCC1. The number of amides is 1. The smallest absolute Gasteiger partial charge is 0.241 e. The first-order chi connectivity index (χ1) is 12.9. The Morgan fingerprint density at radius 2 is 1.78 bits per heavy atom. The molecule has 150 valence electrons. The Bertz CT molecular complexity index is 772. The molecule has 7 nitrogen and oxygen atoms in total. The second-order valence-corrected chi connectivity index (χ2v) is 9.21. The molecule has 1 saturated heterocycles. The van der Waals surface area contributed by atoms with Crippen LogP contribution < -0.4 is 14.2 Å². The Morgan fingerprint density at radius 3 is 2.44 bits per heavy atom. The van der Waals surface area contributed by atoms with Gasteiger partial charge in [0.05, 0.1) is 4.90 Å². The molecule has 27 heavy (non-hydrogen) atoms.